The van der Waals surface area contributed by atoms with Gasteiger partial charge in [-0.05, 0) is 34.6 Å². The third-order valence-electron chi connectivity index (χ3n) is 0. The van der Waals surface area contributed by atoms with Crippen molar-refractivity contribution in [1.82, 2.24) is 0 Å². The monoisotopic (exact) mass is 162 g/mol. The SMILES string of the molecule is C.C.C=C(C)C.CC(C)(C)O. The molecule has 0 aromatic heterocycles. The highest BCUT2D eigenvalue weighted by molar-refractivity contribution is 4.78. The molecule has 1 N–H and O–H groups in total. The van der Waals surface area contributed by atoms with E-state index in [9.17, 15) is 0 Å². The van der Waals surface area contributed by atoms with E-state index in [4.69, 9.17) is 5.11 Å². The molecule has 0 aromatic rings. The number of hydrogen-bond donors (Lipinski definition) is 1. The van der Waals surface area contributed by atoms with Crippen LogP contribution in [0.25, 0.3) is 0 Å². The van der Waals surface area contributed by atoms with Gasteiger partial charge < -0.3 is 5.11 Å². The molecule has 1 nitrogen and oxygen atoms in total. The molecule has 0 rings (SSSR count). The second kappa shape index (κ2) is 9.70. The summed E-state index contributed by atoms with van der Waals surface area (Å²) in [4.78, 5) is 0. The maximum absolute atomic E-state index is 8.52. The molecule has 0 radical (unpaired) electrons. The van der Waals surface area contributed by atoms with Gasteiger partial charge in [-0.1, -0.05) is 20.4 Å². The first kappa shape index (κ1) is 22.4. The molecule has 0 saturated heterocycles. The van der Waals surface area contributed by atoms with Crippen LogP contribution in [0.15, 0.2) is 12.2 Å². The molecule has 0 fully saturated rings. The molecule has 0 aliphatic heterocycles. The van der Waals surface area contributed by atoms with E-state index in [1.807, 2.05) is 13.8 Å². The lowest BCUT2D eigenvalue weighted by atomic mass is 10.2. The molecule has 0 heterocycles. The Kier molecular flexibility index (Phi) is 19.8. The lowest BCUT2D eigenvalue weighted by Crippen LogP contribution is -2.10. The summed E-state index contributed by atoms with van der Waals surface area (Å²) in [5.74, 6) is 0. The van der Waals surface area contributed by atoms with Crippen LogP contribution in [-0.4, -0.2) is 10.7 Å². The first-order valence-electron chi connectivity index (χ1n) is 3.08. The maximum Gasteiger partial charge on any atom is 0.0563 e. The van der Waals surface area contributed by atoms with Gasteiger partial charge in [-0.3, -0.25) is 0 Å². The van der Waals surface area contributed by atoms with Crippen molar-refractivity contribution in [3.8, 4) is 0 Å². The van der Waals surface area contributed by atoms with E-state index >= 15 is 0 Å². The Balaban J connectivity index is -0.0000000383. The molecule has 72 valence electrons. The van der Waals surface area contributed by atoms with Gasteiger partial charge >= 0.3 is 0 Å². The second-order valence-electron chi connectivity index (χ2n) is 3.38. The number of rotatable bonds is 0. The maximum atomic E-state index is 8.52. The van der Waals surface area contributed by atoms with E-state index in [0.29, 0.717) is 0 Å². The standard InChI is InChI=1S/C4H10O.C4H8.2CH4/c1-4(2,3)5;1-4(2)3;;/h5H,1-3H3;1H2,2-3H3;2*1H4. The van der Waals surface area contributed by atoms with Crippen LogP contribution < -0.4 is 0 Å². The summed E-state index contributed by atoms with van der Waals surface area (Å²) in [5, 5.41) is 8.52. The Bertz CT molecular complexity index is 67.4. The lowest BCUT2D eigenvalue weighted by molar-refractivity contribution is 0.102. The van der Waals surface area contributed by atoms with Crippen molar-refractivity contribution in [1.29, 1.82) is 0 Å². The Morgan fingerprint density at radius 1 is 1.09 bits per heavy atom. The van der Waals surface area contributed by atoms with E-state index in [2.05, 4.69) is 6.58 Å². The van der Waals surface area contributed by atoms with Gasteiger partial charge in [0.25, 0.3) is 0 Å². The minimum Gasteiger partial charge on any atom is -0.391 e. The minimum absolute atomic E-state index is 0. The van der Waals surface area contributed by atoms with E-state index < -0.39 is 5.60 Å². The first-order valence-corrected chi connectivity index (χ1v) is 3.08. The zero-order valence-electron chi connectivity index (χ0n) is 7.15. The lowest BCUT2D eigenvalue weighted by Gasteiger charge is -2.04. The molecule has 0 amide bonds. The topological polar surface area (TPSA) is 20.2 Å². The minimum atomic E-state index is -0.500. The van der Waals surface area contributed by atoms with E-state index in [0.717, 1.165) is 0 Å². The van der Waals surface area contributed by atoms with Crippen LogP contribution in [0.1, 0.15) is 49.5 Å². The number of allylic oxidation sites excluding steroid dienone is 1. The summed E-state index contributed by atoms with van der Waals surface area (Å²) in [6.07, 6.45) is 0. The van der Waals surface area contributed by atoms with E-state index in [1.54, 1.807) is 20.8 Å². The zero-order valence-corrected chi connectivity index (χ0v) is 7.15. The third-order valence-corrected chi connectivity index (χ3v) is 0. The smallest absolute Gasteiger partial charge is 0.0563 e. The van der Waals surface area contributed by atoms with Gasteiger partial charge in [0.2, 0.25) is 0 Å². The van der Waals surface area contributed by atoms with Crippen LogP contribution in [0.4, 0.5) is 0 Å². The molecule has 0 aliphatic rings. The quantitative estimate of drug-likeness (QED) is 0.539. The van der Waals surface area contributed by atoms with Gasteiger partial charge in [0.15, 0.2) is 0 Å². The highest BCUT2D eigenvalue weighted by Gasteiger charge is 1.97. The summed E-state index contributed by atoms with van der Waals surface area (Å²) in [7, 11) is 0. The fourth-order valence-electron chi connectivity index (χ4n) is 0. The summed E-state index contributed by atoms with van der Waals surface area (Å²) in [6.45, 7) is 12.7. The highest BCUT2D eigenvalue weighted by atomic mass is 16.3. The molecular weight excluding hydrogens is 136 g/mol. The summed E-state index contributed by atoms with van der Waals surface area (Å²) < 4.78 is 0. The summed E-state index contributed by atoms with van der Waals surface area (Å²) in [5.41, 5.74) is 0.667. The van der Waals surface area contributed by atoms with Gasteiger partial charge in [-0.2, -0.15) is 0 Å². The molecule has 0 unspecified atom stereocenters. The van der Waals surface area contributed by atoms with Crippen molar-refractivity contribution < 1.29 is 5.11 Å². The Labute approximate surface area is 73.1 Å². The Hall–Kier alpha value is -0.300. The molecule has 0 aliphatic carbocycles. The summed E-state index contributed by atoms with van der Waals surface area (Å²) >= 11 is 0. The Morgan fingerprint density at radius 2 is 1.09 bits per heavy atom. The first-order chi connectivity index (χ1) is 3.73. The van der Waals surface area contributed by atoms with Crippen molar-refractivity contribution in [2.75, 3.05) is 0 Å². The van der Waals surface area contributed by atoms with Gasteiger partial charge in [0.05, 0.1) is 5.60 Å². The summed E-state index contributed by atoms with van der Waals surface area (Å²) in [6, 6.07) is 0. The highest BCUT2D eigenvalue weighted by Crippen LogP contribution is 1.93. The molecule has 0 atom stereocenters. The van der Waals surface area contributed by atoms with Crippen LogP contribution in [0.3, 0.4) is 0 Å². The predicted molar refractivity (Wildman–Crippen MR) is 55.9 cm³/mol. The molecule has 11 heavy (non-hydrogen) atoms. The van der Waals surface area contributed by atoms with Gasteiger partial charge in [0.1, 0.15) is 0 Å². The molecule has 0 saturated carbocycles. The Morgan fingerprint density at radius 3 is 1.09 bits per heavy atom. The van der Waals surface area contributed by atoms with Crippen molar-refractivity contribution in [2.45, 2.75) is 55.1 Å². The molecule has 0 spiro atoms. The molecule has 0 bridgehead atoms. The normalized spacial score (nSPS) is 7.82. The number of aliphatic hydroxyl groups is 1. The molecule has 1 heteroatoms. The van der Waals surface area contributed by atoms with Crippen molar-refractivity contribution in [2.24, 2.45) is 0 Å². The van der Waals surface area contributed by atoms with Crippen molar-refractivity contribution >= 4 is 0 Å². The molecular formula is C10H26O. The third kappa shape index (κ3) is 6390. The largest absolute Gasteiger partial charge is 0.391 e. The predicted octanol–water partition coefficient (Wildman–Crippen LogP) is 3.63. The van der Waals surface area contributed by atoms with E-state index in [1.165, 1.54) is 5.57 Å². The van der Waals surface area contributed by atoms with Gasteiger partial charge in [0, 0.05) is 0 Å². The second-order valence-corrected chi connectivity index (χ2v) is 3.38. The van der Waals surface area contributed by atoms with Gasteiger partial charge in [-0.25, -0.2) is 0 Å². The fourth-order valence-corrected chi connectivity index (χ4v) is 0. The van der Waals surface area contributed by atoms with Crippen molar-refractivity contribution in [3.63, 3.8) is 0 Å². The zero-order chi connectivity index (χ0) is 8.08. The molecule has 0 aromatic carbocycles. The van der Waals surface area contributed by atoms with Crippen LogP contribution in [0.2, 0.25) is 0 Å². The average Bonchev–Trinajstić information content (AvgIpc) is 1.19. The van der Waals surface area contributed by atoms with Gasteiger partial charge in [-0.15, -0.1) is 6.58 Å². The fraction of sp³-hybridized carbons (Fsp3) is 0.800. The van der Waals surface area contributed by atoms with Crippen LogP contribution in [-0.2, 0) is 0 Å². The van der Waals surface area contributed by atoms with Crippen molar-refractivity contribution in [3.05, 3.63) is 12.2 Å². The number of hydrogen-bond acceptors (Lipinski definition) is 1. The van der Waals surface area contributed by atoms with Crippen LogP contribution >= 0.6 is 0 Å². The van der Waals surface area contributed by atoms with E-state index in [-0.39, 0.29) is 14.9 Å². The van der Waals surface area contributed by atoms with Crippen LogP contribution in [0.5, 0.6) is 0 Å². The van der Waals surface area contributed by atoms with Crippen LogP contribution in [0, 0.1) is 0 Å². The average molecular weight is 162 g/mol.